The standard InChI is InChI=1S/C24H23ClF4N6O2/c25-19-12-16(15-2-1-3-18(11-15)24(27,28)29)10-17(21(19)37)13-31-33-23-30-14-20(26)22(32-23)35-6-4-34(5-7-35)8-9-36/h1-3,10-14,36-37H,4-9H2,(H,30,32,33)/b31-13+. The van der Waals surface area contributed by atoms with Crippen LogP contribution in [0.15, 0.2) is 47.7 Å². The lowest BCUT2D eigenvalue weighted by atomic mass is 10.0. The second-order valence-corrected chi connectivity index (χ2v) is 8.67. The number of β-amino-alcohol motifs (C(OH)–C–C–N with tert-alkyl or cyclic N) is 1. The summed E-state index contributed by atoms with van der Waals surface area (Å²) in [6.45, 7) is 2.93. The van der Waals surface area contributed by atoms with Crippen molar-refractivity contribution < 1.29 is 27.8 Å². The number of aromatic hydroxyl groups is 1. The SMILES string of the molecule is OCCN1CCN(c2nc(N/N=C/c3cc(-c4cccc(C(F)(F)F)c4)cc(Cl)c3O)ncc2F)CC1. The Morgan fingerprint density at radius 3 is 2.57 bits per heavy atom. The third kappa shape index (κ3) is 6.45. The average molecular weight is 539 g/mol. The van der Waals surface area contributed by atoms with E-state index in [-0.39, 0.29) is 40.3 Å². The average Bonchev–Trinajstić information content (AvgIpc) is 2.88. The van der Waals surface area contributed by atoms with Crippen molar-refractivity contribution in [3.63, 3.8) is 0 Å². The number of nitrogens with one attached hydrogen (secondary N) is 1. The number of aliphatic hydroxyl groups excluding tert-OH is 1. The number of rotatable bonds is 7. The van der Waals surface area contributed by atoms with E-state index in [9.17, 15) is 22.7 Å². The van der Waals surface area contributed by atoms with Crippen LogP contribution in [0.5, 0.6) is 5.75 Å². The number of hydrogen-bond donors (Lipinski definition) is 3. The number of aromatic nitrogens is 2. The first-order chi connectivity index (χ1) is 17.7. The summed E-state index contributed by atoms with van der Waals surface area (Å²) in [7, 11) is 0. The van der Waals surface area contributed by atoms with Crippen molar-refractivity contribution in [1.82, 2.24) is 14.9 Å². The van der Waals surface area contributed by atoms with Crippen molar-refractivity contribution in [2.24, 2.45) is 5.10 Å². The number of hydrogen-bond acceptors (Lipinski definition) is 8. The molecule has 1 aromatic heterocycles. The van der Waals surface area contributed by atoms with Gasteiger partial charge in [0.25, 0.3) is 0 Å². The van der Waals surface area contributed by atoms with Crippen molar-refractivity contribution >= 4 is 29.6 Å². The Kier molecular flexibility index (Phi) is 8.10. The highest BCUT2D eigenvalue weighted by Gasteiger charge is 2.30. The first kappa shape index (κ1) is 26.6. The molecular weight excluding hydrogens is 516 g/mol. The van der Waals surface area contributed by atoms with E-state index in [2.05, 4.69) is 25.4 Å². The van der Waals surface area contributed by atoms with E-state index in [4.69, 9.17) is 16.7 Å². The smallest absolute Gasteiger partial charge is 0.416 e. The zero-order chi connectivity index (χ0) is 26.6. The number of halogens is 5. The topological polar surface area (TPSA) is 97.1 Å². The molecule has 1 aliphatic heterocycles. The second-order valence-electron chi connectivity index (χ2n) is 8.26. The highest BCUT2D eigenvalue weighted by molar-refractivity contribution is 6.32. The van der Waals surface area contributed by atoms with Crippen LogP contribution in [-0.4, -0.2) is 70.6 Å². The zero-order valence-corrected chi connectivity index (χ0v) is 20.1. The Labute approximate surface area is 214 Å². The molecule has 0 atom stereocenters. The van der Waals surface area contributed by atoms with Crippen LogP contribution in [0, 0.1) is 5.82 Å². The molecule has 2 aromatic carbocycles. The molecule has 0 bridgehead atoms. The number of benzene rings is 2. The number of piperazine rings is 1. The minimum absolute atomic E-state index is 0.00468. The van der Waals surface area contributed by atoms with E-state index in [1.54, 1.807) is 4.90 Å². The van der Waals surface area contributed by atoms with Gasteiger partial charge < -0.3 is 15.1 Å². The first-order valence-electron chi connectivity index (χ1n) is 11.3. The fourth-order valence-corrected chi connectivity index (χ4v) is 4.11. The van der Waals surface area contributed by atoms with E-state index in [0.717, 1.165) is 18.3 Å². The van der Waals surface area contributed by atoms with Crippen LogP contribution in [0.4, 0.5) is 29.3 Å². The van der Waals surface area contributed by atoms with Crippen LogP contribution in [0.3, 0.4) is 0 Å². The molecule has 2 heterocycles. The van der Waals surface area contributed by atoms with Gasteiger partial charge in [0.05, 0.1) is 29.6 Å². The molecule has 37 heavy (non-hydrogen) atoms. The Bertz CT molecular complexity index is 1280. The van der Waals surface area contributed by atoms with E-state index >= 15 is 0 Å². The number of alkyl halides is 3. The molecule has 0 aliphatic carbocycles. The lowest BCUT2D eigenvalue weighted by molar-refractivity contribution is -0.137. The van der Waals surface area contributed by atoms with Crippen LogP contribution in [-0.2, 0) is 6.18 Å². The van der Waals surface area contributed by atoms with Gasteiger partial charge in [0.15, 0.2) is 11.6 Å². The van der Waals surface area contributed by atoms with Gasteiger partial charge in [0.1, 0.15) is 5.75 Å². The predicted molar refractivity (Wildman–Crippen MR) is 133 cm³/mol. The predicted octanol–water partition coefficient (Wildman–Crippen LogP) is 4.22. The molecule has 13 heteroatoms. The van der Waals surface area contributed by atoms with Crippen LogP contribution >= 0.6 is 11.6 Å². The van der Waals surface area contributed by atoms with Gasteiger partial charge in [0, 0.05) is 38.3 Å². The van der Waals surface area contributed by atoms with Crippen molar-refractivity contribution in [2.75, 3.05) is 49.7 Å². The lowest BCUT2D eigenvalue weighted by Gasteiger charge is -2.35. The van der Waals surface area contributed by atoms with Gasteiger partial charge in [-0.1, -0.05) is 23.7 Å². The maximum absolute atomic E-state index is 14.4. The Balaban J connectivity index is 1.51. The van der Waals surface area contributed by atoms with Crippen molar-refractivity contribution in [3.8, 4) is 16.9 Å². The molecule has 196 valence electrons. The number of phenolic OH excluding ortho intramolecular Hbond substituents is 1. The van der Waals surface area contributed by atoms with Crippen LogP contribution in [0.25, 0.3) is 11.1 Å². The molecule has 0 unspecified atom stereocenters. The van der Waals surface area contributed by atoms with Crippen LogP contribution < -0.4 is 10.3 Å². The Hall–Kier alpha value is -3.48. The number of nitrogens with zero attached hydrogens (tertiary/aromatic N) is 5. The summed E-state index contributed by atoms with van der Waals surface area (Å²) in [6.07, 6.45) is -2.28. The summed E-state index contributed by atoms with van der Waals surface area (Å²) in [4.78, 5) is 11.9. The normalized spacial score (nSPS) is 14.9. The number of hydrazone groups is 1. The molecule has 1 fully saturated rings. The largest absolute Gasteiger partial charge is 0.506 e. The minimum Gasteiger partial charge on any atom is -0.506 e. The van der Waals surface area contributed by atoms with Crippen LogP contribution in [0.2, 0.25) is 5.02 Å². The Morgan fingerprint density at radius 1 is 1.11 bits per heavy atom. The van der Waals surface area contributed by atoms with Gasteiger partial charge in [0.2, 0.25) is 5.95 Å². The summed E-state index contributed by atoms with van der Waals surface area (Å²) in [5, 5.41) is 23.3. The fraction of sp³-hybridized carbons (Fsp3) is 0.292. The fourth-order valence-electron chi connectivity index (χ4n) is 3.88. The maximum Gasteiger partial charge on any atom is 0.416 e. The summed E-state index contributed by atoms with van der Waals surface area (Å²) in [6, 6.07) is 7.51. The molecule has 1 saturated heterocycles. The van der Waals surface area contributed by atoms with Gasteiger partial charge >= 0.3 is 6.18 Å². The highest BCUT2D eigenvalue weighted by atomic mass is 35.5. The quantitative estimate of drug-likeness (QED) is 0.235. The number of anilines is 2. The summed E-state index contributed by atoms with van der Waals surface area (Å²) in [5.41, 5.74) is 2.49. The number of aliphatic hydroxyl groups is 1. The lowest BCUT2D eigenvalue weighted by Crippen LogP contribution is -2.47. The summed E-state index contributed by atoms with van der Waals surface area (Å²) >= 11 is 6.11. The first-order valence-corrected chi connectivity index (χ1v) is 11.6. The van der Waals surface area contributed by atoms with Crippen LogP contribution in [0.1, 0.15) is 11.1 Å². The summed E-state index contributed by atoms with van der Waals surface area (Å²) in [5.74, 6) is -0.799. The molecule has 0 amide bonds. The molecular formula is C24H23ClF4N6O2. The van der Waals surface area contributed by atoms with E-state index in [0.29, 0.717) is 38.3 Å². The monoisotopic (exact) mass is 538 g/mol. The Morgan fingerprint density at radius 2 is 1.86 bits per heavy atom. The zero-order valence-electron chi connectivity index (χ0n) is 19.4. The number of phenols is 1. The molecule has 4 rings (SSSR count). The van der Waals surface area contributed by atoms with Crippen molar-refractivity contribution in [3.05, 3.63) is 64.6 Å². The van der Waals surface area contributed by atoms with Crippen molar-refractivity contribution in [2.45, 2.75) is 6.18 Å². The molecule has 0 spiro atoms. The summed E-state index contributed by atoms with van der Waals surface area (Å²) < 4.78 is 53.7. The molecule has 8 nitrogen and oxygen atoms in total. The van der Waals surface area contributed by atoms with Crippen molar-refractivity contribution in [1.29, 1.82) is 0 Å². The molecule has 0 radical (unpaired) electrons. The van der Waals surface area contributed by atoms with E-state index < -0.39 is 17.6 Å². The third-order valence-electron chi connectivity index (χ3n) is 5.80. The molecule has 0 saturated carbocycles. The highest BCUT2D eigenvalue weighted by Crippen LogP contribution is 2.36. The molecule has 3 aromatic rings. The molecule has 1 aliphatic rings. The maximum atomic E-state index is 14.4. The second kappa shape index (κ2) is 11.3. The van der Waals surface area contributed by atoms with Gasteiger partial charge in [-0.05, 0) is 35.4 Å². The minimum atomic E-state index is -4.51. The van der Waals surface area contributed by atoms with E-state index in [1.165, 1.54) is 30.5 Å². The molecule has 3 N–H and O–H groups in total. The third-order valence-corrected chi connectivity index (χ3v) is 6.09. The van der Waals surface area contributed by atoms with Gasteiger partial charge in [-0.25, -0.2) is 14.8 Å². The van der Waals surface area contributed by atoms with E-state index in [1.807, 2.05) is 0 Å². The van der Waals surface area contributed by atoms with Gasteiger partial charge in [-0.2, -0.15) is 23.3 Å². The van der Waals surface area contributed by atoms with Gasteiger partial charge in [-0.3, -0.25) is 4.90 Å². The van der Waals surface area contributed by atoms with Gasteiger partial charge in [-0.15, -0.1) is 0 Å².